The quantitative estimate of drug-likeness (QED) is 0.0901. The van der Waals surface area contributed by atoms with E-state index in [2.05, 4.69) is 0 Å². The molecule has 238 valence electrons. The number of benzene rings is 4. The van der Waals surface area contributed by atoms with Crippen molar-refractivity contribution in [2.45, 2.75) is 38.3 Å². The van der Waals surface area contributed by atoms with Crippen LogP contribution in [0, 0.1) is 0 Å². The van der Waals surface area contributed by atoms with Gasteiger partial charge in [-0.2, -0.15) is 0 Å². The first-order valence-electron chi connectivity index (χ1n) is 14.9. The summed E-state index contributed by atoms with van der Waals surface area (Å²) < 4.78 is 0. The second kappa shape index (κ2) is 18.6. The molecule has 4 rings (SSSR count). The summed E-state index contributed by atoms with van der Waals surface area (Å²) in [5, 5.41) is 0. The molecule has 0 fully saturated rings. The van der Waals surface area contributed by atoms with Crippen molar-refractivity contribution in [2.75, 3.05) is 11.5 Å². The van der Waals surface area contributed by atoms with Crippen LogP contribution in [-0.2, 0) is 45.4 Å². The van der Waals surface area contributed by atoms with E-state index >= 15 is 0 Å². The van der Waals surface area contributed by atoms with Gasteiger partial charge in [-0.1, -0.05) is 143 Å². The Bertz CT molecular complexity index is 1420. The third kappa shape index (κ3) is 10.6. The van der Waals surface area contributed by atoms with Crippen LogP contribution in [0.4, 0.5) is 0 Å². The molecular weight excluding hydrogens is 617 g/mol. The molecule has 0 aromatic heterocycles. The fourth-order valence-corrected chi connectivity index (χ4v) is 7.17. The zero-order valence-electron chi connectivity index (χ0n) is 25.5. The highest BCUT2D eigenvalue weighted by Gasteiger charge is 2.30. The molecule has 10 heteroatoms. The maximum atomic E-state index is 13.9. The minimum atomic E-state index is -1.03. The van der Waals surface area contributed by atoms with Gasteiger partial charge >= 0.3 is 0 Å². The van der Waals surface area contributed by atoms with Crippen LogP contribution in [0.5, 0.6) is 0 Å². The Hall–Kier alpha value is -4.38. The average Bonchev–Trinajstić information content (AvgIpc) is 3.10. The number of nitrogens with zero attached hydrogens (tertiary/aromatic N) is 3. The van der Waals surface area contributed by atoms with Crippen molar-refractivity contribution in [3.05, 3.63) is 144 Å². The maximum absolute atomic E-state index is 13.9. The molecule has 2 N–H and O–H groups in total. The third-order valence-corrected chi connectivity index (χ3v) is 9.68. The van der Waals surface area contributed by atoms with Gasteiger partial charge in [0.25, 0.3) is 0 Å². The number of carbonyl (C=O) groups is 4. The summed E-state index contributed by atoms with van der Waals surface area (Å²) in [4.78, 5) is 55.5. The van der Waals surface area contributed by atoms with Gasteiger partial charge < -0.3 is 15.5 Å². The highest BCUT2D eigenvalue weighted by molar-refractivity contribution is 8.76. The predicted molar refractivity (Wildman–Crippen MR) is 185 cm³/mol. The fraction of sp³-hybridized carbons (Fsp3) is 0.222. The number of imide groups is 1. The van der Waals surface area contributed by atoms with Crippen molar-refractivity contribution in [1.29, 1.82) is 0 Å². The van der Waals surface area contributed by atoms with Gasteiger partial charge in [0.2, 0.25) is 24.6 Å². The third-order valence-electron chi connectivity index (χ3n) is 7.25. The lowest BCUT2D eigenvalue weighted by atomic mass is 10.1. The minimum Gasteiger partial charge on any atom is -0.333 e. The summed E-state index contributed by atoms with van der Waals surface area (Å²) in [7, 11) is 2.64. The first-order valence-corrected chi connectivity index (χ1v) is 17.4. The zero-order chi connectivity index (χ0) is 32.6. The van der Waals surface area contributed by atoms with Crippen LogP contribution in [0.3, 0.4) is 0 Å². The van der Waals surface area contributed by atoms with Gasteiger partial charge in [-0.25, -0.2) is 0 Å². The maximum Gasteiger partial charge on any atom is 0.247 e. The molecule has 0 aliphatic carbocycles. The van der Waals surface area contributed by atoms with Crippen molar-refractivity contribution < 1.29 is 19.2 Å². The van der Waals surface area contributed by atoms with Crippen LogP contribution in [0.15, 0.2) is 121 Å². The summed E-state index contributed by atoms with van der Waals surface area (Å²) in [6.07, 6.45) is 0.759. The Kier molecular flexibility index (Phi) is 13.9. The molecule has 0 saturated carbocycles. The van der Waals surface area contributed by atoms with E-state index in [1.165, 1.54) is 21.6 Å². The number of nitrogens with two attached hydrogens (primary N) is 1. The highest BCUT2D eigenvalue weighted by atomic mass is 33.1. The van der Waals surface area contributed by atoms with E-state index in [1.807, 2.05) is 121 Å². The van der Waals surface area contributed by atoms with Crippen molar-refractivity contribution >= 4 is 46.2 Å². The molecule has 0 bridgehead atoms. The van der Waals surface area contributed by atoms with Crippen LogP contribution >= 0.6 is 21.6 Å². The van der Waals surface area contributed by atoms with Gasteiger partial charge in [-0.15, -0.1) is 0 Å². The number of amides is 4. The molecule has 1 unspecified atom stereocenters. The van der Waals surface area contributed by atoms with Gasteiger partial charge in [0.05, 0.1) is 6.04 Å². The molecule has 0 radical (unpaired) electrons. The van der Waals surface area contributed by atoms with Gasteiger partial charge in [-0.3, -0.25) is 24.1 Å². The minimum absolute atomic E-state index is 0.139. The first kappa shape index (κ1) is 34.5. The van der Waals surface area contributed by atoms with E-state index in [-0.39, 0.29) is 23.3 Å². The fourth-order valence-electron chi connectivity index (χ4n) is 4.85. The summed E-state index contributed by atoms with van der Waals surface area (Å²) in [5.41, 5.74) is 10.3. The molecule has 4 aromatic carbocycles. The molecule has 0 saturated heterocycles. The van der Waals surface area contributed by atoms with Crippen molar-refractivity contribution in [2.24, 2.45) is 5.73 Å². The Labute approximate surface area is 278 Å². The first-order chi connectivity index (χ1) is 22.5. The SMILES string of the molecule is NC(CSSC[C@@H](C(=O)N(Cc1ccccc1)Cc1ccccc1)N(C=O)C=O)C(=O)N(Cc1ccccc1)Cc1ccccc1. The van der Waals surface area contributed by atoms with E-state index < -0.39 is 12.1 Å². The normalized spacial score (nSPS) is 12.0. The lowest BCUT2D eigenvalue weighted by Crippen LogP contribution is -2.48. The Morgan fingerprint density at radius 1 is 0.543 bits per heavy atom. The molecule has 0 heterocycles. The number of carbonyl (C=O) groups excluding carboxylic acids is 4. The summed E-state index contributed by atoms with van der Waals surface area (Å²) >= 11 is 0. The predicted octanol–water partition coefficient (Wildman–Crippen LogP) is 5.14. The Morgan fingerprint density at radius 3 is 1.22 bits per heavy atom. The summed E-state index contributed by atoms with van der Waals surface area (Å²) in [6, 6.07) is 36.8. The smallest absolute Gasteiger partial charge is 0.247 e. The molecule has 0 spiro atoms. The van der Waals surface area contributed by atoms with E-state index in [0.717, 1.165) is 27.2 Å². The van der Waals surface area contributed by atoms with Crippen LogP contribution in [-0.4, -0.2) is 62.9 Å². The Morgan fingerprint density at radius 2 is 0.870 bits per heavy atom. The molecule has 0 aliphatic heterocycles. The second-order valence-electron chi connectivity index (χ2n) is 10.7. The second-order valence-corrected chi connectivity index (χ2v) is 13.2. The van der Waals surface area contributed by atoms with Crippen molar-refractivity contribution in [3.8, 4) is 0 Å². The monoisotopic (exact) mass is 654 g/mol. The van der Waals surface area contributed by atoms with Crippen molar-refractivity contribution in [3.63, 3.8) is 0 Å². The Balaban J connectivity index is 1.41. The van der Waals surface area contributed by atoms with E-state index in [1.54, 1.807) is 9.80 Å². The molecule has 4 amide bonds. The molecule has 4 aromatic rings. The van der Waals surface area contributed by atoms with Crippen LogP contribution in [0.25, 0.3) is 0 Å². The largest absolute Gasteiger partial charge is 0.333 e. The molecule has 2 atom stereocenters. The number of hydrogen-bond acceptors (Lipinski definition) is 7. The lowest BCUT2D eigenvalue weighted by molar-refractivity contribution is -0.145. The molecular formula is C36H38N4O4S2. The number of rotatable bonds is 18. The van der Waals surface area contributed by atoms with E-state index in [4.69, 9.17) is 5.73 Å². The van der Waals surface area contributed by atoms with Crippen LogP contribution in [0.1, 0.15) is 22.3 Å². The zero-order valence-corrected chi connectivity index (χ0v) is 27.1. The van der Waals surface area contributed by atoms with E-state index in [0.29, 0.717) is 39.0 Å². The lowest BCUT2D eigenvalue weighted by Gasteiger charge is -2.30. The summed E-state index contributed by atoms with van der Waals surface area (Å²) in [6.45, 7) is 1.46. The van der Waals surface area contributed by atoms with Crippen molar-refractivity contribution in [1.82, 2.24) is 14.7 Å². The molecule has 46 heavy (non-hydrogen) atoms. The van der Waals surface area contributed by atoms with E-state index in [9.17, 15) is 19.2 Å². The number of hydrogen-bond donors (Lipinski definition) is 1. The highest BCUT2D eigenvalue weighted by Crippen LogP contribution is 2.26. The van der Waals surface area contributed by atoms with Gasteiger partial charge in [0.1, 0.15) is 6.04 Å². The average molecular weight is 655 g/mol. The van der Waals surface area contributed by atoms with Gasteiger partial charge in [0, 0.05) is 37.7 Å². The topological polar surface area (TPSA) is 104 Å². The van der Waals surface area contributed by atoms with Crippen LogP contribution in [0.2, 0.25) is 0 Å². The standard InChI is InChI=1S/C36H38N4O4S2/c37-33(35(43)38(21-29-13-5-1-6-14-29)22-30-15-7-2-8-16-30)25-45-46-26-34(40(27-41)28-42)36(44)39(23-31-17-9-3-10-18-31)24-32-19-11-4-12-20-32/h1-20,27-28,33-34H,21-26,37H2/t33?,34-/m0/s1. The van der Waals surface area contributed by atoms with Gasteiger partial charge in [0.15, 0.2) is 0 Å². The van der Waals surface area contributed by atoms with Crippen LogP contribution < -0.4 is 5.73 Å². The molecule has 0 aliphatic rings. The van der Waals surface area contributed by atoms with Gasteiger partial charge in [-0.05, 0) is 22.3 Å². The molecule has 8 nitrogen and oxygen atoms in total. The summed E-state index contributed by atoms with van der Waals surface area (Å²) in [5.74, 6) is -0.116.